The van der Waals surface area contributed by atoms with Gasteiger partial charge in [-0.2, -0.15) is 0 Å². The zero-order valence-corrected chi connectivity index (χ0v) is 10.7. The molecule has 0 aromatic heterocycles. The van der Waals surface area contributed by atoms with Gasteiger partial charge in [-0.25, -0.2) is 8.78 Å². The summed E-state index contributed by atoms with van der Waals surface area (Å²) in [4.78, 5) is 10.1. The molecule has 0 radical (unpaired) electrons. The van der Waals surface area contributed by atoms with E-state index in [0.29, 0.717) is 5.56 Å². The van der Waals surface area contributed by atoms with Crippen LogP contribution in [0.25, 0.3) is 0 Å². The first-order chi connectivity index (χ1) is 9.51. The van der Waals surface area contributed by atoms with Gasteiger partial charge < -0.3 is 4.74 Å². The zero-order valence-electron chi connectivity index (χ0n) is 9.98. The Labute approximate surface area is 117 Å². The van der Waals surface area contributed by atoms with Crippen LogP contribution in [0.15, 0.2) is 36.4 Å². The lowest BCUT2D eigenvalue weighted by atomic mass is 10.2. The van der Waals surface area contributed by atoms with Crippen molar-refractivity contribution in [2.45, 2.75) is 5.88 Å². The van der Waals surface area contributed by atoms with Crippen LogP contribution in [0.2, 0.25) is 0 Å². The summed E-state index contributed by atoms with van der Waals surface area (Å²) in [6, 6.07) is 6.48. The number of non-ortho nitro benzene ring substituents is 1. The minimum atomic E-state index is -0.745. The van der Waals surface area contributed by atoms with Crippen LogP contribution in [0.4, 0.5) is 14.5 Å². The predicted molar refractivity (Wildman–Crippen MR) is 69.1 cm³/mol. The number of hydrogen-bond donors (Lipinski definition) is 0. The van der Waals surface area contributed by atoms with Gasteiger partial charge in [-0.05, 0) is 18.2 Å². The topological polar surface area (TPSA) is 52.4 Å². The predicted octanol–water partition coefficient (Wildman–Crippen LogP) is 4.40. The molecule has 0 atom stereocenters. The Morgan fingerprint density at radius 2 is 1.90 bits per heavy atom. The Balaban J connectivity index is 2.38. The molecule has 2 aromatic carbocycles. The molecule has 2 rings (SSSR count). The molecule has 2 aromatic rings. The fourth-order valence-corrected chi connectivity index (χ4v) is 1.77. The normalized spacial score (nSPS) is 10.3. The van der Waals surface area contributed by atoms with Crippen LogP contribution in [0.3, 0.4) is 0 Å². The molecule has 0 aliphatic rings. The van der Waals surface area contributed by atoms with E-state index in [0.717, 1.165) is 18.2 Å². The summed E-state index contributed by atoms with van der Waals surface area (Å²) in [6.45, 7) is 0. The number of nitrogens with zero attached hydrogens (tertiary/aromatic N) is 1. The summed E-state index contributed by atoms with van der Waals surface area (Å²) in [5.41, 5.74) is 0.150. The molecule has 0 amide bonds. The molecule has 0 aliphatic carbocycles. The van der Waals surface area contributed by atoms with Gasteiger partial charge in [0.1, 0.15) is 11.6 Å². The number of halogens is 3. The number of nitro benzene ring substituents is 1. The highest BCUT2D eigenvalue weighted by molar-refractivity contribution is 6.17. The van der Waals surface area contributed by atoms with Crippen molar-refractivity contribution in [2.75, 3.05) is 0 Å². The molecule has 0 heterocycles. The molecule has 20 heavy (non-hydrogen) atoms. The highest BCUT2D eigenvalue weighted by Crippen LogP contribution is 2.31. The van der Waals surface area contributed by atoms with Crippen LogP contribution in [-0.2, 0) is 5.88 Å². The maximum Gasteiger partial charge on any atom is 0.270 e. The number of alkyl halides is 1. The Morgan fingerprint density at radius 1 is 1.15 bits per heavy atom. The highest BCUT2D eigenvalue weighted by atomic mass is 35.5. The van der Waals surface area contributed by atoms with E-state index in [1.807, 2.05) is 0 Å². The SMILES string of the molecule is O=[N+]([O-])c1ccc(Oc2cc(F)ccc2F)c(CCl)c1. The first kappa shape index (κ1) is 14.2. The molecule has 0 spiro atoms. The van der Waals surface area contributed by atoms with Crippen LogP contribution >= 0.6 is 11.6 Å². The number of rotatable bonds is 4. The Hall–Kier alpha value is -2.21. The monoisotopic (exact) mass is 299 g/mol. The second kappa shape index (κ2) is 5.83. The van der Waals surface area contributed by atoms with E-state index in [4.69, 9.17) is 16.3 Å². The number of ether oxygens (including phenoxy) is 1. The lowest BCUT2D eigenvalue weighted by molar-refractivity contribution is -0.384. The molecular weight excluding hydrogens is 292 g/mol. The van der Waals surface area contributed by atoms with Gasteiger partial charge in [0, 0.05) is 23.8 Å². The first-order valence-corrected chi connectivity index (χ1v) is 6.01. The average molecular weight is 300 g/mol. The van der Waals surface area contributed by atoms with Gasteiger partial charge in [0.15, 0.2) is 11.6 Å². The van der Waals surface area contributed by atoms with Crippen molar-refractivity contribution < 1.29 is 18.4 Å². The van der Waals surface area contributed by atoms with Crippen molar-refractivity contribution in [1.29, 1.82) is 0 Å². The maximum absolute atomic E-state index is 13.5. The molecule has 0 N–H and O–H groups in total. The third-order valence-electron chi connectivity index (χ3n) is 2.51. The molecule has 0 aliphatic heterocycles. The first-order valence-electron chi connectivity index (χ1n) is 5.47. The second-order valence-electron chi connectivity index (χ2n) is 3.86. The van der Waals surface area contributed by atoms with Crippen LogP contribution in [-0.4, -0.2) is 4.92 Å². The van der Waals surface area contributed by atoms with Crippen LogP contribution in [0, 0.1) is 21.7 Å². The molecule has 0 saturated heterocycles. The minimum Gasteiger partial charge on any atom is -0.454 e. The van der Waals surface area contributed by atoms with Crippen LogP contribution < -0.4 is 4.74 Å². The zero-order chi connectivity index (χ0) is 14.7. The fraction of sp³-hybridized carbons (Fsp3) is 0.0769. The van der Waals surface area contributed by atoms with E-state index in [2.05, 4.69) is 0 Å². The quantitative estimate of drug-likeness (QED) is 0.477. The van der Waals surface area contributed by atoms with E-state index >= 15 is 0 Å². The number of benzene rings is 2. The maximum atomic E-state index is 13.5. The van der Waals surface area contributed by atoms with Crippen LogP contribution in [0.5, 0.6) is 11.5 Å². The van der Waals surface area contributed by atoms with Gasteiger partial charge in [0.05, 0.1) is 10.8 Å². The summed E-state index contributed by atoms with van der Waals surface area (Å²) < 4.78 is 31.7. The molecule has 0 bridgehead atoms. The van der Waals surface area contributed by atoms with E-state index in [1.165, 1.54) is 18.2 Å². The van der Waals surface area contributed by atoms with Crippen molar-refractivity contribution >= 4 is 17.3 Å². The van der Waals surface area contributed by atoms with Crippen molar-refractivity contribution in [3.63, 3.8) is 0 Å². The minimum absolute atomic E-state index is 0.0616. The molecule has 104 valence electrons. The van der Waals surface area contributed by atoms with E-state index in [9.17, 15) is 18.9 Å². The van der Waals surface area contributed by atoms with E-state index < -0.39 is 16.6 Å². The third-order valence-corrected chi connectivity index (χ3v) is 2.80. The number of hydrogen-bond acceptors (Lipinski definition) is 3. The molecular formula is C13H8ClF2NO3. The van der Waals surface area contributed by atoms with Gasteiger partial charge in [-0.15, -0.1) is 11.6 Å². The van der Waals surface area contributed by atoms with E-state index in [1.54, 1.807) is 0 Å². The third kappa shape index (κ3) is 3.03. The molecule has 0 fully saturated rings. The summed E-state index contributed by atoms with van der Waals surface area (Å²) in [5.74, 6) is -1.64. The largest absolute Gasteiger partial charge is 0.454 e. The standard InChI is InChI=1S/C13H8ClF2NO3/c14-7-8-5-10(17(18)19)2-4-12(8)20-13-6-9(15)1-3-11(13)16/h1-6H,7H2. The van der Waals surface area contributed by atoms with Crippen molar-refractivity contribution in [2.24, 2.45) is 0 Å². The summed E-state index contributed by atoms with van der Waals surface area (Å²) in [6.07, 6.45) is 0. The highest BCUT2D eigenvalue weighted by Gasteiger charge is 2.13. The second-order valence-corrected chi connectivity index (χ2v) is 4.13. The van der Waals surface area contributed by atoms with Crippen molar-refractivity contribution in [1.82, 2.24) is 0 Å². The van der Waals surface area contributed by atoms with Crippen molar-refractivity contribution in [3.8, 4) is 11.5 Å². The Morgan fingerprint density at radius 3 is 2.55 bits per heavy atom. The van der Waals surface area contributed by atoms with Gasteiger partial charge in [-0.3, -0.25) is 10.1 Å². The van der Waals surface area contributed by atoms with Gasteiger partial charge in [-0.1, -0.05) is 0 Å². The number of nitro groups is 1. The lowest BCUT2D eigenvalue weighted by Crippen LogP contribution is -1.95. The molecule has 0 unspecified atom stereocenters. The summed E-state index contributed by atoms with van der Waals surface area (Å²) in [5, 5.41) is 10.6. The summed E-state index contributed by atoms with van der Waals surface area (Å²) >= 11 is 5.68. The van der Waals surface area contributed by atoms with E-state index in [-0.39, 0.29) is 23.1 Å². The molecule has 4 nitrogen and oxygen atoms in total. The Kier molecular flexibility index (Phi) is 4.14. The fourth-order valence-electron chi connectivity index (χ4n) is 1.56. The molecule has 0 saturated carbocycles. The average Bonchev–Trinajstić information content (AvgIpc) is 2.43. The smallest absolute Gasteiger partial charge is 0.270 e. The van der Waals surface area contributed by atoms with Gasteiger partial charge >= 0.3 is 0 Å². The summed E-state index contributed by atoms with van der Waals surface area (Å²) in [7, 11) is 0. The van der Waals surface area contributed by atoms with Gasteiger partial charge in [0.2, 0.25) is 0 Å². The Bertz CT molecular complexity index is 664. The molecule has 7 heteroatoms. The van der Waals surface area contributed by atoms with Crippen molar-refractivity contribution in [3.05, 3.63) is 63.7 Å². The van der Waals surface area contributed by atoms with Gasteiger partial charge in [0.25, 0.3) is 5.69 Å². The van der Waals surface area contributed by atoms with Crippen LogP contribution in [0.1, 0.15) is 5.56 Å². The lowest BCUT2D eigenvalue weighted by Gasteiger charge is -2.10.